The van der Waals surface area contributed by atoms with Crippen molar-refractivity contribution in [2.24, 2.45) is 5.10 Å². The maximum Gasteiger partial charge on any atom is 0.274 e. The number of amides is 1. The minimum Gasteiger partial charge on any atom is -0.267 e. The summed E-state index contributed by atoms with van der Waals surface area (Å²) in [4.78, 5) is 14.0. The predicted molar refractivity (Wildman–Crippen MR) is 97.2 cm³/mol. The molecule has 1 aliphatic heterocycles. The molecule has 4 rings (SSSR count). The third-order valence-electron chi connectivity index (χ3n) is 4.18. The number of thiophene rings is 1. The molecule has 1 atom stereocenters. The Morgan fingerprint density at radius 1 is 1.08 bits per heavy atom. The lowest BCUT2D eigenvalue weighted by atomic mass is 10.0. The highest BCUT2D eigenvalue weighted by atomic mass is 32.1. The minimum atomic E-state index is -0.311. The summed E-state index contributed by atoms with van der Waals surface area (Å²) in [7, 11) is 0. The van der Waals surface area contributed by atoms with E-state index >= 15 is 0 Å². The lowest BCUT2D eigenvalue weighted by molar-refractivity contribution is 0.0711. The van der Waals surface area contributed by atoms with Gasteiger partial charge in [-0.3, -0.25) is 4.79 Å². The molecule has 0 N–H and O–H groups in total. The molecule has 3 nitrogen and oxygen atoms in total. The van der Waals surface area contributed by atoms with Gasteiger partial charge in [-0.05, 0) is 41.3 Å². The molecular weight excluding hydrogens is 335 g/mol. The molecule has 25 heavy (non-hydrogen) atoms. The van der Waals surface area contributed by atoms with E-state index in [9.17, 15) is 9.18 Å². The molecule has 1 aliphatic rings. The summed E-state index contributed by atoms with van der Waals surface area (Å²) in [6, 6.07) is 19.1. The fraction of sp³-hybridized carbons (Fsp3) is 0.100. The number of hydrogen-bond acceptors (Lipinski definition) is 3. The van der Waals surface area contributed by atoms with Crippen LogP contribution in [0.2, 0.25) is 0 Å². The summed E-state index contributed by atoms with van der Waals surface area (Å²) in [6.45, 7) is 0. The van der Waals surface area contributed by atoms with E-state index in [-0.39, 0.29) is 17.8 Å². The Bertz CT molecular complexity index is 922. The van der Waals surface area contributed by atoms with Gasteiger partial charge in [0.25, 0.3) is 5.91 Å². The maximum absolute atomic E-state index is 13.7. The largest absolute Gasteiger partial charge is 0.274 e. The van der Waals surface area contributed by atoms with Crippen LogP contribution in [0.15, 0.2) is 77.2 Å². The van der Waals surface area contributed by atoms with Crippen LogP contribution in [0.1, 0.15) is 33.3 Å². The first kappa shape index (κ1) is 15.7. The van der Waals surface area contributed by atoms with E-state index < -0.39 is 0 Å². The molecule has 0 bridgehead atoms. The molecule has 0 saturated heterocycles. The van der Waals surface area contributed by atoms with E-state index in [0.29, 0.717) is 12.0 Å². The van der Waals surface area contributed by atoms with Crippen LogP contribution >= 0.6 is 11.3 Å². The molecule has 1 unspecified atom stereocenters. The summed E-state index contributed by atoms with van der Waals surface area (Å²) < 4.78 is 13.7. The number of carbonyl (C=O) groups is 1. The maximum atomic E-state index is 13.7. The zero-order valence-corrected chi connectivity index (χ0v) is 14.1. The van der Waals surface area contributed by atoms with E-state index in [1.807, 2.05) is 41.8 Å². The Labute approximate surface area is 149 Å². The molecule has 124 valence electrons. The molecule has 0 fully saturated rings. The highest BCUT2D eigenvalue weighted by Gasteiger charge is 2.34. The first-order valence-electron chi connectivity index (χ1n) is 7.98. The van der Waals surface area contributed by atoms with Crippen molar-refractivity contribution in [3.05, 3.63) is 93.9 Å². The Hall–Kier alpha value is -2.79. The van der Waals surface area contributed by atoms with E-state index in [1.165, 1.54) is 17.1 Å². The molecule has 0 aliphatic carbocycles. The molecule has 1 aromatic heterocycles. The van der Waals surface area contributed by atoms with Crippen molar-refractivity contribution in [1.82, 2.24) is 5.01 Å². The SMILES string of the molecule is O=C(c1ccccc1)N1N=C(c2cccs2)CC1c1cccc(F)c1. The van der Waals surface area contributed by atoms with Gasteiger partial charge in [-0.25, -0.2) is 9.40 Å². The standard InChI is InChI=1S/C20H15FN2OS/c21-16-9-4-8-15(12-16)18-13-17(19-10-5-11-25-19)22-23(18)20(24)14-6-2-1-3-7-14/h1-12,18H,13H2. The highest BCUT2D eigenvalue weighted by Crippen LogP contribution is 2.35. The fourth-order valence-electron chi connectivity index (χ4n) is 2.98. The Kier molecular flexibility index (Phi) is 4.15. The van der Waals surface area contributed by atoms with Gasteiger partial charge in [0.2, 0.25) is 0 Å². The smallest absolute Gasteiger partial charge is 0.267 e. The van der Waals surface area contributed by atoms with Gasteiger partial charge >= 0.3 is 0 Å². The van der Waals surface area contributed by atoms with Crippen molar-refractivity contribution < 1.29 is 9.18 Å². The normalized spacial score (nSPS) is 16.8. The zero-order chi connectivity index (χ0) is 17.2. The quantitative estimate of drug-likeness (QED) is 0.663. The van der Waals surface area contributed by atoms with Gasteiger partial charge in [-0.15, -0.1) is 11.3 Å². The monoisotopic (exact) mass is 350 g/mol. The van der Waals surface area contributed by atoms with Crippen LogP contribution in [0.4, 0.5) is 4.39 Å². The van der Waals surface area contributed by atoms with E-state index in [1.54, 1.807) is 29.5 Å². The van der Waals surface area contributed by atoms with Gasteiger partial charge in [0.05, 0.1) is 16.6 Å². The van der Waals surface area contributed by atoms with Crippen LogP contribution in [-0.4, -0.2) is 16.6 Å². The zero-order valence-electron chi connectivity index (χ0n) is 13.3. The second-order valence-electron chi connectivity index (χ2n) is 5.81. The van der Waals surface area contributed by atoms with Crippen molar-refractivity contribution in [3.63, 3.8) is 0 Å². The summed E-state index contributed by atoms with van der Waals surface area (Å²) in [5.74, 6) is -0.490. The molecule has 1 amide bonds. The Morgan fingerprint density at radius 3 is 2.64 bits per heavy atom. The highest BCUT2D eigenvalue weighted by molar-refractivity contribution is 7.12. The first-order chi connectivity index (χ1) is 12.2. The van der Waals surface area contributed by atoms with Crippen molar-refractivity contribution in [1.29, 1.82) is 0 Å². The molecule has 0 spiro atoms. The summed E-state index contributed by atoms with van der Waals surface area (Å²) >= 11 is 1.59. The molecule has 0 radical (unpaired) electrons. The average molecular weight is 350 g/mol. The van der Waals surface area contributed by atoms with Crippen LogP contribution in [0.25, 0.3) is 0 Å². The number of nitrogens with zero attached hydrogens (tertiary/aromatic N) is 2. The Morgan fingerprint density at radius 2 is 1.92 bits per heavy atom. The fourth-order valence-corrected chi connectivity index (χ4v) is 3.70. The van der Waals surface area contributed by atoms with E-state index in [0.717, 1.165) is 16.2 Å². The predicted octanol–water partition coefficient (Wildman–Crippen LogP) is 4.88. The topological polar surface area (TPSA) is 32.7 Å². The number of carbonyl (C=O) groups excluding carboxylic acids is 1. The summed E-state index contributed by atoms with van der Waals surface area (Å²) in [5, 5.41) is 8.05. The molecule has 2 heterocycles. The number of benzene rings is 2. The van der Waals surface area contributed by atoms with Crippen LogP contribution in [0.3, 0.4) is 0 Å². The van der Waals surface area contributed by atoms with Gasteiger partial charge < -0.3 is 0 Å². The lowest BCUT2D eigenvalue weighted by Crippen LogP contribution is -2.27. The van der Waals surface area contributed by atoms with Crippen molar-refractivity contribution in [2.45, 2.75) is 12.5 Å². The molecule has 2 aromatic carbocycles. The summed E-state index contributed by atoms with van der Waals surface area (Å²) in [6.07, 6.45) is 0.572. The molecule has 0 saturated carbocycles. The molecular formula is C20H15FN2OS. The number of rotatable bonds is 3. The number of halogens is 1. The van der Waals surface area contributed by atoms with Crippen LogP contribution < -0.4 is 0 Å². The van der Waals surface area contributed by atoms with Crippen molar-refractivity contribution in [3.8, 4) is 0 Å². The van der Waals surface area contributed by atoms with Gasteiger partial charge in [0.15, 0.2) is 0 Å². The molecule has 3 aromatic rings. The van der Waals surface area contributed by atoms with Gasteiger partial charge in [0.1, 0.15) is 5.82 Å². The average Bonchev–Trinajstić information content (AvgIpc) is 3.31. The van der Waals surface area contributed by atoms with Gasteiger partial charge in [0, 0.05) is 12.0 Å². The lowest BCUT2D eigenvalue weighted by Gasteiger charge is -2.22. The summed E-state index contributed by atoms with van der Waals surface area (Å²) in [5.41, 5.74) is 2.17. The third-order valence-corrected chi connectivity index (χ3v) is 5.10. The second kappa shape index (κ2) is 6.61. The minimum absolute atomic E-state index is 0.179. The molecule has 5 heteroatoms. The Balaban J connectivity index is 1.74. The number of hydrogen-bond donors (Lipinski definition) is 0. The van der Waals surface area contributed by atoms with Gasteiger partial charge in [-0.1, -0.05) is 36.4 Å². The van der Waals surface area contributed by atoms with Crippen molar-refractivity contribution in [2.75, 3.05) is 0 Å². The van der Waals surface area contributed by atoms with Crippen LogP contribution in [0, 0.1) is 5.82 Å². The second-order valence-corrected chi connectivity index (χ2v) is 6.76. The van der Waals surface area contributed by atoms with E-state index in [4.69, 9.17) is 0 Å². The van der Waals surface area contributed by atoms with Crippen molar-refractivity contribution >= 4 is 23.0 Å². The third kappa shape index (κ3) is 3.10. The van der Waals surface area contributed by atoms with Gasteiger partial charge in [-0.2, -0.15) is 5.10 Å². The van der Waals surface area contributed by atoms with E-state index in [2.05, 4.69) is 5.10 Å². The number of hydrazone groups is 1. The van der Waals surface area contributed by atoms with Crippen LogP contribution in [-0.2, 0) is 0 Å². The van der Waals surface area contributed by atoms with Crippen LogP contribution in [0.5, 0.6) is 0 Å². The first-order valence-corrected chi connectivity index (χ1v) is 8.86.